The van der Waals surface area contributed by atoms with Crippen LogP contribution in [0.25, 0.3) is 0 Å². The van der Waals surface area contributed by atoms with Gasteiger partial charge in [-0.15, -0.1) is 0 Å². The highest BCUT2D eigenvalue weighted by atomic mass is 16.4. The molecule has 0 aliphatic heterocycles. The fraction of sp³-hybridized carbons (Fsp3) is 0.353. The summed E-state index contributed by atoms with van der Waals surface area (Å²) in [5.74, 6) is -1.52. The van der Waals surface area contributed by atoms with Gasteiger partial charge in [0.15, 0.2) is 0 Å². The van der Waals surface area contributed by atoms with E-state index in [0.29, 0.717) is 18.4 Å². The number of carbonyl (C=O) groups excluding carboxylic acids is 1. The van der Waals surface area contributed by atoms with Crippen LogP contribution in [0.2, 0.25) is 0 Å². The van der Waals surface area contributed by atoms with Crippen molar-refractivity contribution in [2.45, 2.75) is 32.7 Å². The molecule has 0 spiro atoms. The third-order valence-electron chi connectivity index (χ3n) is 3.90. The number of aromatic amines is 1. The number of aromatic nitrogens is 2. The molecule has 3 N–H and O–H groups in total. The Kier molecular flexibility index (Phi) is 5.51. The molecular weight excluding hydrogens is 294 g/mol. The minimum absolute atomic E-state index is 0.135. The molecule has 1 amide bonds. The summed E-state index contributed by atoms with van der Waals surface area (Å²) in [6, 6.07) is 6.27. The van der Waals surface area contributed by atoms with Crippen LogP contribution in [0.1, 0.15) is 41.9 Å². The van der Waals surface area contributed by atoms with Crippen LogP contribution >= 0.6 is 0 Å². The Morgan fingerprint density at radius 1 is 1.39 bits per heavy atom. The van der Waals surface area contributed by atoms with E-state index < -0.39 is 12.0 Å². The Labute approximate surface area is 135 Å². The fourth-order valence-electron chi connectivity index (χ4n) is 2.33. The molecule has 0 saturated carbocycles. The molecule has 23 heavy (non-hydrogen) atoms. The first kappa shape index (κ1) is 16.7. The average Bonchev–Trinajstić information content (AvgIpc) is 3.04. The number of H-pyrrole nitrogens is 1. The summed E-state index contributed by atoms with van der Waals surface area (Å²) < 4.78 is 0. The molecular formula is C17H21N3O3. The topological polar surface area (TPSA) is 95.1 Å². The van der Waals surface area contributed by atoms with Gasteiger partial charge in [-0.1, -0.05) is 32.4 Å². The number of nitrogens with one attached hydrogen (secondary N) is 2. The Balaban J connectivity index is 2.11. The Hall–Kier alpha value is -2.63. The fourth-order valence-corrected chi connectivity index (χ4v) is 2.33. The molecule has 2 aromatic rings. The quantitative estimate of drug-likeness (QED) is 0.730. The average molecular weight is 315 g/mol. The number of nitrogens with zero attached hydrogens (tertiary/aromatic N) is 1. The lowest BCUT2D eigenvalue weighted by Crippen LogP contribution is -2.45. The summed E-state index contributed by atoms with van der Waals surface area (Å²) in [5.41, 5.74) is 2.36. The minimum Gasteiger partial charge on any atom is -0.480 e. The van der Waals surface area contributed by atoms with Gasteiger partial charge < -0.3 is 15.4 Å². The molecule has 0 unspecified atom stereocenters. The van der Waals surface area contributed by atoms with Gasteiger partial charge in [-0.25, -0.2) is 9.78 Å². The van der Waals surface area contributed by atoms with Gasteiger partial charge in [0.05, 0.1) is 6.33 Å². The van der Waals surface area contributed by atoms with Crippen molar-refractivity contribution in [1.82, 2.24) is 15.3 Å². The molecule has 6 nitrogen and oxygen atoms in total. The third-order valence-corrected chi connectivity index (χ3v) is 3.90. The van der Waals surface area contributed by atoms with Gasteiger partial charge in [0.1, 0.15) is 6.04 Å². The zero-order valence-electron chi connectivity index (χ0n) is 13.2. The molecule has 1 aromatic heterocycles. The number of carboxylic acids is 1. The number of hydrogen-bond donors (Lipinski definition) is 3. The number of imidazole rings is 1. The number of hydrogen-bond acceptors (Lipinski definition) is 3. The molecule has 0 bridgehead atoms. The van der Waals surface area contributed by atoms with E-state index in [2.05, 4.69) is 15.3 Å². The lowest BCUT2D eigenvalue weighted by Gasteiger charge is -2.20. The monoisotopic (exact) mass is 315 g/mol. The van der Waals surface area contributed by atoms with Gasteiger partial charge in [-0.3, -0.25) is 4.79 Å². The maximum Gasteiger partial charge on any atom is 0.326 e. The summed E-state index contributed by atoms with van der Waals surface area (Å²) in [7, 11) is 0. The van der Waals surface area contributed by atoms with Gasteiger partial charge in [0.2, 0.25) is 0 Å². The van der Waals surface area contributed by atoms with Crippen LogP contribution in [0.4, 0.5) is 0 Å². The Bertz CT molecular complexity index is 667. The van der Waals surface area contributed by atoms with E-state index in [-0.39, 0.29) is 11.8 Å². The second-order valence-corrected chi connectivity index (χ2v) is 5.63. The highest BCUT2D eigenvalue weighted by molar-refractivity contribution is 5.96. The molecule has 2 atom stereocenters. The SMILES string of the molecule is CC[C@H](C)[C@H](NC(=O)c1cccc(Cc2cnc[nH]2)c1)C(=O)O. The van der Waals surface area contributed by atoms with Crippen LogP contribution in [0, 0.1) is 5.92 Å². The Morgan fingerprint density at radius 3 is 2.78 bits per heavy atom. The molecule has 0 fully saturated rings. The van der Waals surface area contributed by atoms with Gasteiger partial charge >= 0.3 is 5.97 Å². The largest absolute Gasteiger partial charge is 0.480 e. The first-order valence-electron chi connectivity index (χ1n) is 7.61. The molecule has 122 valence electrons. The summed E-state index contributed by atoms with van der Waals surface area (Å²) in [6.45, 7) is 3.71. The van der Waals surface area contributed by atoms with Gasteiger partial charge in [-0.2, -0.15) is 0 Å². The van der Waals surface area contributed by atoms with Crippen molar-refractivity contribution in [3.63, 3.8) is 0 Å². The normalized spacial score (nSPS) is 13.3. The maximum atomic E-state index is 12.3. The lowest BCUT2D eigenvalue weighted by atomic mass is 9.98. The van der Waals surface area contributed by atoms with Gasteiger partial charge in [0, 0.05) is 23.9 Å². The Morgan fingerprint density at radius 2 is 2.17 bits per heavy atom. The number of amides is 1. The number of benzene rings is 1. The molecule has 0 aliphatic rings. The van der Waals surface area contributed by atoms with Gasteiger partial charge in [0.25, 0.3) is 5.91 Å². The highest BCUT2D eigenvalue weighted by Gasteiger charge is 2.25. The van der Waals surface area contributed by atoms with Crippen molar-refractivity contribution in [2.24, 2.45) is 5.92 Å². The van der Waals surface area contributed by atoms with Crippen molar-refractivity contribution in [1.29, 1.82) is 0 Å². The molecule has 6 heteroatoms. The predicted octanol–water partition coefficient (Wildman–Crippen LogP) is 2.23. The second kappa shape index (κ2) is 7.58. The van der Waals surface area contributed by atoms with E-state index >= 15 is 0 Å². The van der Waals surface area contributed by atoms with E-state index in [9.17, 15) is 14.7 Å². The standard InChI is InChI=1S/C17H21N3O3/c1-3-11(2)15(17(22)23)20-16(21)13-6-4-5-12(7-13)8-14-9-18-10-19-14/h4-7,9-11,15H,3,8H2,1-2H3,(H,18,19)(H,20,21)(H,22,23)/t11-,15-/m0/s1. The molecule has 2 rings (SSSR count). The first-order chi connectivity index (χ1) is 11.0. The van der Waals surface area contributed by atoms with Crippen LogP contribution in [-0.2, 0) is 11.2 Å². The van der Waals surface area contributed by atoms with Gasteiger partial charge in [-0.05, 0) is 23.6 Å². The zero-order chi connectivity index (χ0) is 16.8. The number of carbonyl (C=O) groups is 2. The summed E-state index contributed by atoms with van der Waals surface area (Å²) in [4.78, 5) is 30.6. The smallest absolute Gasteiger partial charge is 0.326 e. The molecule has 1 heterocycles. The summed E-state index contributed by atoms with van der Waals surface area (Å²) in [5, 5.41) is 11.9. The number of carboxylic acid groups (broad SMARTS) is 1. The lowest BCUT2D eigenvalue weighted by molar-refractivity contribution is -0.140. The highest BCUT2D eigenvalue weighted by Crippen LogP contribution is 2.12. The number of rotatable bonds is 7. The van der Waals surface area contributed by atoms with E-state index in [1.807, 2.05) is 19.9 Å². The molecule has 0 aliphatic carbocycles. The maximum absolute atomic E-state index is 12.3. The second-order valence-electron chi connectivity index (χ2n) is 5.63. The van der Waals surface area contributed by atoms with Crippen molar-refractivity contribution in [3.8, 4) is 0 Å². The van der Waals surface area contributed by atoms with E-state index in [4.69, 9.17) is 0 Å². The van der Waals surface area contributed by atoms with Crippen LogP contribution in [-0.4, -0.2) is 33.0 Å². The zero-order valence-corrected chi connectivity index (χ0v) is 13.2. The van der Waals surface area contributed by atoms with Crippen LogP contribution in [0.5, 0.6) is 0 Å². The van der Waals surface area contributed by atoms with Crippen molar-refractivity contribution in [3.05, 3.63) is 53.6 Å². The van der Waals surface area contributed by atoms with Crippen LogP contribution in [0.3, 0.4) is 0 Å². The predicted molar refractivity (Wildman–Crippen MR) is 86.2 cm³/mol. The summed E-state index contributed by atoms with van der Waals surface area (Å²) in [6.07, 6.45) is 4.65. The van der Waals surface area contributed by atoms with Crippen molar-refractivity contribution < 1.29 is 14.7 Å². The molecule has 0 saturated heterocycles. The minimum atomic E-state index is -1.01. The van der Waals surface area contributed by atoms with Crippen LogP contribution < -0.4 is 5.32 Å². The van der Waals surface area contributed by atoms with E-state index in [0.717, 1.165) is 11.3 Å². The number of aliphatic carboxylic acids is 1. The van der Waals surface area contributed by atoms with E-state index in [1.165, 1.54) is 0 Å². The summed E-state index contributed by atoms with van der Waals surface area (Å²) >= 11 is 0. The van der Waals surface area contributed by atoms with Crippen LogP contribution in [0.15, 0.2) is 36.8 Å². The van der Waals surface area contributed by atoms with Crippen molar-refractivity contribution >= 4 is 11.9 Å². The third kappa shape index (κ3) is 4.42. The van der Waals surface area contributed by atoms with Crippen molar-refractivity contribution in [2.75, 3.05) is 0 Å². The molecule has 1 aromatic carbocycles. The molecule has 0 radical (unpaired) electrons. The first-order valence-corrected chi connectivity index (χ1v) is 7.61. The van der Waals surface area contributed by atoms with E-state index in [1.54, 1.807) is 30.7 Å².